The average molecular weight is 345 g/mol. The highest BCUT2D eigenvalue weighted by atomic mass is 35.5. The molecule has 0 bridgehead atoms. The number of H-pyrrole nitrogens is 1. The van der Waals surface area contributed by atoms with E-state index >= 15 is 0 Å². The monoisotopic (exact) mass is 344 g/mol. The first-order valence-corrected chi connectivity index (χ1v) is 8.39. The molecule has 1 heterocycles. The van der Waals surface area contributed by atoms with Crippen LogP contribution in [-0.2, 0) is 19.3 Å². The Morgan fingerprint density at radius 3 is 2.52 bits per heavy atom. The molecule has 0 saturated carbocycles. The van der Waals surface area contributed by atoms with Gasteiger partial charge in [0.2, 0.25) is 0 Å². The van der Waals surface area contributed by atoms with Gasteiger partial charge in [-0.1, -0.05) is 59.6 Å². The maximum Gasteiger partial charge on any atom is 0.106 e. The van der Waals surface area contributed by atoms with Crippen molar-refractivity contribution in [2.24, 2.45) is 0 Å². The average Bonchev–Trinajstić information content (AvgIpc) is 2.89. The molecule has 1 N–H and O–H groups in total. The number of hydrogen-bond donors (Lipinski definition) is 1. The van der Waals surface area contributed by atoms with Crippen LogP contribution in [0, 0.1) is 6.92 Å². The van der Waals surface area contributed by atoms with Crippen LogP contribution in [0.3, 0.4) is 0 Å². The zero-order valence-corrected chi connectivity index (χ0v) is 14.5. The Hall–Kier alpha value is -1.77. The van der Waals surface area contributed by atoms with Crippen molar-refractivity contribution in [2.45, 2.75) is 26.2 Å². The molecule has 0 fully saturated rings. The fraction of sp³-hybridized carbons (Fsp3) is 0.211. The Kier molecular flexibility index (Phi) is 5.04. The van der Waals surface area contributed by atoms with Crippen molar-refractivity contribution in [1.82, 2.24) is 9.97 Å². The van der Waals surface area contributed by atoms with E-state index in [0.29, 0.717) is 16.5 Å². The van der Waals surface area contributed by atoms with E-state index in [2.05, 4.69) is 36.2 Å². The minimum absolute atomic E-state index is 0.654. The second kappa shape index (κ2) is 7.20. The van der Waals surface area contributed by atoms with Crippen molar-refractivity contribution < 1.29 is 0 Å². The number of halogens is 2. The molecule has 0 atom stereocenters. The van der Waals surface area contributed by atoms with Crippen LogP contribution >= 0.6 is 23.2 Å². The molecule has 118 valence electrons. The molecule has 0 radical (unpaired) electrons. The quantitative estimate of drug-likeness (QED) is 0.659. The molecular formula is C19H18Cl2N2. The van der Waals surface area contributed by atoms with Crippen LogP contribution in [0.25, 0.3) is 0 Å². The first-order valence-electron chi connectivity index (χ1n) is 7.64. The Morgan fingerprint density at radius 1 is 1.00 bits per heavy atom. The molecule has 2 aromatic carbocycles. The maximum atomic E-state index is 6.26. The van der Waals surface area contributed by atoms with Gasteiger partial charge in [0.1, 0.15) is 5.82 Å². The molecule has 0 unspecified atom stereocenters. The number of nitrogens with zero attached hydrogens (tertiary/aromatic N) is 1. The molecule has 0 aliphatic rings. The standard InChI is InChI=1S/C19H18Cl2N2/c1-13-18(11-15-8-9-16(20)12-17(15)21)23-19(22-13)10-7-14-5-3-2-4-6-14/h2-6,8-9,12H,7,10-11H2,1H3,(H,22,23). The highest BCUT2D eigenvalue weighted by molar-refractivity contribution is 6.35. The topological polar surface area (TPSA) is 28.7 Å². The lowest BCUT2D eigenvalue weighted by atomic mass is 10.1. The molecule has 2 nitrogen and oxygen atoms in total. The lowest BCUT2D eigenvalue weighted by Crippen LogP contribution is -1.95. The molecular weight excluding hydrogens is 327 g/mol. The minimum Gasteiger partial charge on any atom is -0.346 e. The van der Waals surface area contributed by atoms with E-state index in [-0.39, 0.29) is 0 Å². The number of rotatable bonds is 5. The van der Waals surface area contributed by atoms with Gasteiger partial charge in [-0.3, -0.25) is 0 Å². The number of aromatic nitrogens is 2. The zero-order valence-electron chi connectivity index (χ0n) is 12.9. The van der Waals surface area contributed by atoms with E-state index in [1.807, 2.05) is 18.2 Å². The van der Waals surface area contributed by atoms with Gasteiger partial charge in [-0.25, -0.2) is 4.98 Å². The van der Waals surface area contributed by atoms with Crippen LogP contribution in [0.5, 0.6) is 0 Å². The number of benzene rings is 2. The van der Waals surface area contributed by atoms with Gasteiger partial charge in [0.25, 0.3) is 0 Å². The van der Waals surface area contributed by atoms with Crippen molar-refractivity contribution in [3.63, 3.8) is 0 Å². The first-order chi connectivity index (χ1) is 11.1. The summed E-state index contributed by atoms with van der Waals surface area (Å²) < 4.78 is 0. The van der Waals surface area contributed by atoms with E-state index in [4.69, 9.17) is 28.2 Å². The summed E-state index contributed by atoms with van der Waals surface area (Å²) in [6.45, 7) is 2.05. The summed E-state index contributed by atoms with van der Waals surface area (Å²) in [5.74, 6) is 1.02. The number of aryl methyl sites for hydroxylation is 3. The third-order valence-electron chi connectivity index (χ3n) is 3.90. The van der Waals surface area contributed by atoms with E-state index in [0.717, 1.165) is 35.6 Å². The Bertz CT molecular complexity index is 794. The fourth-order valence-corrected chi connectivity index (χ4v) is 3.08. The predicted octanol–water partition coefficient (Wildman–Crippen LogP) is 5.40. The second-order valence-electron chi connectivity index (χ2n) is 5.65. The maximum absolute atomic E-state index is 6.26. The van der Waals surface area contributed by atoms with Gasteiger partial charge in [0.15, 0.2) is 0 Å². The summed E-state index contributed by atoms with van der Waals surface area (Å²) in [4.78, 5) is 8.12. The number of hydrogen-bond acceptors (Lipinski definition) is 1. The molecule has 0 aliphatic heterocycles. The Balaban J connectivity index is 1.70. The van der Waals surface area contributed by atoms with E-state index in [1.54, 1.807) is 6.07 Å². The third kappa shape index (κ3) is 4.15. The molecule has 0 aliphatic carbocycles. The van der Waals surface area contributed by atoms with Crippen LogP contribution in [0.1, 0.15) is 28.3 Å². The minimum atomic E-state index is 0.654. The van der Waals surface area contributed by atoms with Gasteiger partial charge in [-0.2, -0.15) is 0 Å². The van der Waals surface area contributed by atoms with Gasteiger partial charge in [0.05, 0.1) is 5.69 Å². The summed E-state index contributed by atoms with van der Waals surface area (Å²) in [6.07, 6.45) is 2.60. The van der Waals surface area contributed by atoms with E-state index in [9.17, 15) is 0 Å². The molecule has 3 aromatic rings. The third-order valence-corrected chi connectivity index (χ3v) is 4.49. The van der Waals surface area contributed by atoms with Crippen LogP contribution in [0.2, 0.25) is 10.0 Å². The first kappa shape index (κ1) is 16.1. The molecule has 23 heavy (non-hydrogen) atoms. The lowest BCUT2D eigenvalue weighted by Gasteiger charge is -2.03. The summed E-state index contributed by atoms with van der Waals surface area (Å²) in [7, 11) is 0. The van der Waals surface area contributed by atoms with Crippen molar-refractivity contribution in [3.8, 4) is 0 Å². The van der Waals surface area contributed by atoms with E-state index < -0.39 is 0 Å². The number of imidazole rings is 1. The second-order valence-corrected chi connectivity index (χ2v) is 6.50. The molecule has 0 amide bonds. The van der Waals surface area contributed by atoms with Gasteiger partial charge < -0.3 is 4.98 Å². The molecule has 4 heteroatoms. The van der Waals surface area contributed by atoms with Crippen molar-refractivity contribution in [3.05, 3.63) is 86.9 Å². The van der Waals surface area contributed by atoms with Crippen molar-refractivity contribution in [2.75, 3.05) is 0 Å². The molecule has 1 aromatic heterocycles. The molecule has 3 rings (SSSR count). The largest absolute Gasteiger partial charge is 0.346 e. The van der Waals surface area contributed by atoms with Gasteiger partial charge in [-0.15, -0.1) is 0 Å². The van der Waals surface area contributed by atoms with Gasteiger partial charge >= 0.3 is 0 Å². The number of nitrogens with one attached hydrogen (secondary N) is 1. The van der Waals surface area contributed by atoms with Crippen molar-refractivity contribution >= 4 is 23.2 Å². The predicted molar refractivity (Wildman–Crippen MR) is 96.4 cm³/mol. The van der Waals surface area contributed by atoms with Crippen LogP contribution in [-0.4, -0.2) is 9.97 Å². The Labute approximate surface area is 146 Å². The lowest BCUT2D eigenvalue weighted by molar-refractivity contribution is 0.876. The van der Waals surface area contributed by atoms with Crippen molar-refractivity contribution in [1.29, 1.82) is 0 Å². The number of aromatic amines is 1. The summed E-state index contributed by atoms with van der Waals surface area (Å²) in [5, 5.41) is 1.34. The summed E-state index contributed by atoms with van der Waals surface area (Å²) in [5.41, 5.74) is 4.50. The highest BCUT2D eigenvalue weighted by Crippen LogP contribution is 2.24. The van der Waals surface area contributed by atoms with Crippen LogP contribution in [0.15, 0.2) is 48.5 Å². The SMILES string of the molecule is Cc1[nH]c(CCc2ccccc2)nc1Cc1ccc(Cl)cc1Cl. The smallest absolute Gasteiger partial charge is 0.106 e. The van der Waals surface area contributed by atoms with Gasteiger partial charge in [-0.05, 0) is 36.6 Å². The van der Waals surface area contributed by atoms with E-state index in [1.165, 1.54) is 5.56 Å². The van der Waals surface area contributed by atoms with Crippen LogP contribution < -0.4 is 0 Å². The zero-order chi connectivity index (χ0) is 16.2. The molecule has 0 saturated heterocycles. The molecule has 0 spiro atoms. The van der Waals surface area contributed by atoms with Gasteiger partial charge in [0, 0.05) is 28.6 Å². The normalized spacial score (nSPS) is 10.9. The fourth-order valence-electron chi connectivity index (χ4n) is 2.61. The highest BCUT2D eigenvalue weighted by Gasteiger charge is 2.10. The van der Waals surface area contributed by atoms with Crippen LogP contribution in [0.4, 0.5) is 0 Å². The Morgan fingerprint density at radius 2 is 1.78 bits per heavy atom. The summed E-state index contributed by atoms with van der Waals surface area (Å²) in [6, 6.07) is 16.1. The summed E-state index contributed by atoms with van der Waals surface area (Å²) >= 11 is 12.2.